The van der Waals surface area contributed by atoms with Gasteiger partial charge in [-0.15, -0.1) is 0 Å². The van der Waals surface area contributed by atoms with Crippen molar-refractivity contribution < 1.29 is 25.2 Å². The van der Waals surface area contributed by atoms with Gasteiger partial charge in [0, 0.05) is 6.42 Å². The van der Waals surface area contributed by atoms with E-state index < -0.39 is 24.7 Å². The molecule has 0 bridgehead atoms. The minimum absolute atomic E-state index is 0.339. The minimum Gasteiger partial charge on any atom is -0.481 e. The van der Waals surface area contributed by atoms with Gasteiger partial charge in [-0.2, -0.15) is 0 Å². The molecule has 0 aromatic heterocycles. The largest absolute Gasteiger partial charge is 0.481 e. The number of rotatable bonds is 10. The molecule has 0 saturated heterocycles. The van der Waals surface area contributed by atoms with Crippen molar-refractivity contribution >= 4 is 5.97 Å². The number of hydrogen-bond donors (Lipinski definition) is 4. The summed E-state index contributed by atoms with van der Waals surface area (Å²) in [7, 11) is 0. The lowest BCUT2D eigenvalue weighted by Gasteiger charge is -2.30. The van der Waals surface area contributed by atoms with Crippen LogP contribution in [0.3, 0.4) is 0 Å². The van der Waals surface area contributed by atoms with Crippen molar-refractivity contribution in [3.05, 3.63) is 0 Å². The van der Waals surface area contributed by atoms with Gasteiger partial charge in [0.05, 0.1) is 0 Å². The fraction of sp³-hybridized carbons (Fsp3) is 0.933. The summed E-state index contributed by atoms with van der Waals surface area (Å²) in [5.41, 5.74) is 0. The Kier molecular flexibility index (Phi) is 15.3. The van der Waals surface area contributed by atoms with E-state index in [4.69, 9.17) is 20.4 Å². The quantitative estimate of drug-likeness (QED) is 0.364. The van der Waals surface area contributed by atoms with Crippen LogP contribution >= 0.6 is 0 Å². The highest BCUT2D eigenvalue weighted by molar-refractivity contribution is 5.66. The molecule has 3 atom stereocenters. The van der Waals surface area contributed by atoms with E-state index in [1.54, 1.807) is 0 Å². The second kappa shape index (κ2) is 14.3. The Labute approximate surface area is 128 Å². The number of carbonyl (C=O) groups is 1. The van der Waals surface area contributed by atoms with E-state index in [1.165, 1.54) is 51.4 Å². The maximum Gasteiger partial charge on any atom is 0.303 e. The third kappa shape index (κ3) is 15.5. The molecule has 0 radical (unpaired) electrons. The van der Waals surface area contributed by atoms with Crippen LogP contribution in [0.4, 0.5) is 0 Å². The average Bonchev–Trinajstić information content (AvgIpc) is 2.32. The summed E-state index contributed by atoms with van der Waals surface area (Å²) < 4.78 is 0. The molecule has 0 amide bonds. The van der Waals surface area contributed by atoms with Gasteiger partial charge in [-0.1, -0.05) is 39.0 Å². The maximum absolute atomic E-state index is 10.1. The molecule has 128 valence electrons. The number of unbranched alkanes of at least 4 members (excludes halogenated alkanes) is 5. The molecule has 0 fully saturated rings. The molecular weight excluding hydrogens is 274 g/mol. The predicted molar refractivity (Wildman–Crippen MR) is 82.5 cm³/mol. The van der Waals surface area contributed by atoms with Crippen molar-refractivity contribution in [2.45, 2.75) is 91.3 Å². The molecule has 0 aliphatic rings. The Morgan fingerprint density at radius 1 is 0.857 bits per heavy atom. The van der Waals surface area contributed by atoms with Gasteiger partial charge in [0.15, 0.2) is 0 Å². The fourth-order valence-corrected chi connectivity index (χ4v) is 1.99. The summed E-state index contributed by atoms with van der Waals surface area (Å²) in [6, 6.07) is 0. The third-order valence-corrected chi connectivity index (χ3v) is 3.04. The van der Waals surface area contributed by atoms with Gasteiger partial charge >= 0.3 is 5.97 Å². The van der Waals surface area contributed by atoms with Gasteiger partial charge in [0.25, 0.3) is 0 Å². The van der Waals surface area contributed by atoms with E-state index in [-0.39, 0.29) is 0 Å². The van der Waals surface area contributed by atoms with Gasteiger partial charge in [-0.3, -0.25) is 4.79 Å². The lowest BCUT2D eigenvalue weighted by molar-refractivity contribution is -0.159. The monoisotopic (exact) mass is 307 g/mol. The molecule has 0 aliphatic carbocycles. The topological polar surface area (TPSA) is 101 Å². The normalized spacial score (nSPS) is 15.0. The Balaban J connectivity index is 0. The molecule has 0 aromatic rings. The minimum atomic E-state index is -0.833. The summed E-state index contributed by atoms with van der Waals surface area (Å²) in [5, 5.41) is 35.2. The van der Waals surface area contributed by atoms with Crippen LogP contribution < -0.4 is 0 Å². The van der Waals surface area contributed by atoms with E-state index in [0.717, 1.165) is 12.8 Å². The Morgan fingerprint density at radius 3 is 1.52 bits per heavy atom. The highest BCUT2D eigenvalue weighted by Crippen LogP contribution is 2.06. The zero-order chi connectivity index (χ0) is 16.8. The van der Waals surface area contributed by atoms with Gasteiger partial charge in [0.2, 0.25) is 0 Å². The van der Waals surface area contributed by atoms with Crippen LogP contribution in [0.1, 0.15) is 72.6 Å². The molecule has 0 rings (SSSR count). The van der Waals surface area contributed by atoms with Crippen LogP contribution in [0.15, 0.2) is 0 Å². The lowest BCUT2D eigenvalue weighted by atomic mass is 10.1. The second-order valence-electron chi connectivity index (χ2n) is 5.25. The van der Waals surface area contributed by atoms with Crippen LogP contribution in [-0.4, -0.2) is 50.0 Å². The van der Waals surface area contributed by atoms with Gasteiger partial charge in [0.1, 0.15) is 18.7 Å². The highest BCUT2D eigenvalue weighted by atomic mass is 16.4. The molecule has 0 aliphatic heterocycles. The molecule has 0 heterocycles. The molecule has 0 aromatic carbocycles. The second-order valence-corrected chi connectivity index (χ2v) is 5.25. The van der Waals surface area contributed by atoms with E-state index in [1.807, 2.05) is 0 Å². The van der Waals surface area contributed by atoms with Gasteiger partial charge < -0.3 is 20.4 Å². The summed E-state index contributed by atoms with van der Waals surface area (Å²) in [5.74, 6) is -0.666. The Hall–Kier alpha value is -0.690. The number of hydrogen-bond acceptors (Lipinski definition) is 5. The van der Waals surface area contributed by atoms with Crippen molar-refractivity contribution in [3.8, 4) is 0 Å². The van der Waals surface area contributed by atoms with Crippen LogP contribution in [0.2, 0.25) is 0 Å². The molecule has 6 heteroatoms. The van der Waals surface area contributed by atoms with Crippen molar-refractivity contribution in [2.75, 3.05) is 0 Å². The number of aliphatic hydroxyl groups excluding tert-OH is 3. The molecule has 21 heavy (non-hydrogen) atoms. The number of aliphatic hydroxyl groups is 3. The molecular formula is C15H33NO5. The summed E-state index contributed by atoms with van der Waals surface area (Å²) in [6.07, 6.45) is 4.75. The average molecular weight is 307 g/mol. The first-order valence-electron chi connectivity index (χ1n) is 7.77. The van der Waals surface area contributed by atoms with Crippen molar-refractivity contribution in [2.24, 2.45) is 0 Å². The zero-order valence-electron chi connectivity index (χ0n) is 13.8. The van der Waals surface area contributed by atoms with Crippen LogP contribution in [0, 0.1) is 0 Å². The van der Waals surface area contributed by atoms with E-state index >= 15 is 0 Å². The van der Waals surface area contributed by atoms with E-state index in [9.17, 15) is 4.79 Å². The number of aliphatic carboxylic acids is 1. The van der Waals surface area contributed by atoms with E-state index in [0.29, 0.717) is 6.42 Å². The van der Waals surface area contributed by atoms with Gasteiger partial charge in [-0.25, -0.2) is 4.90 Å². The highest BCUT2D eigenvalue weighted by Gasteiger charge is 2.20. The lowest BCUT2D eigenvalue weighted by Crippen LogP contribution is -2.45. The first-order chi connectivity index (χ1) is 9.73. The summed E-state index contributed by atoms with van der Waals surface area (Å²) >= 11 is 0. The Bertz CT molecular complexity index is 225. The molecule has 0 saturated carbocycles. The van der Waals surface area contributed by atoms with Gasteiger partial charge in [-0.05, 0) is 27.2 Å². The first-order valence-corrected chi connectivity index (χ1v) is 7.77. The standard InChI is InChI=1S/C9H18O2.C6H15NO3/c1-2-3-4-5-6-7-8-9(10)11;1-4(8)7(5(2)9)6(3)10/h2-8H2,1H3,(H,10,11);4-6,8-10H,1-3H3. The van der Waals surface area contributed by atoms with Crippen molar-refractivity contribution in [3.63, 3.8) is 0 Å². The number of carboxylic acids is 1. The first kappa shape index (κ1) is 22.6. The molecule has 3 unspecified atom stereocenters. The maximum atomic E-state index is 10.1. The third-order valence-electron chi connectivity index (χ3n) is 3.04. The molecule has 0 spiro atoms. The molecule has 6 nitrogen and oxygen atoms in total. The number of carboxylic acid groups (broad SMARTS) is 1. The smallest absolute Gasteiger partial charge is 0.303 e. The van der Waals surface area contributed by atoms with Crippen LogP contribution in [0.5, 0.6) is 0 Å². The van der Waals surface area contributed by atoms with Crippen LogP contribution in [0.25, 0.3) is 0 Å². The summed E-state index contributed by atoms with van der Waals surface area (Å²) in [4.78, 5) is 11.3. The van der Waals surface area contributed by atoms with Crippen molar-refractivity contribution in [1.29, 1.82) is 0 Å². The Morgan fingerprint density at radius 2 is 1.24 bits per heavy atom. The predicted octanol–water partition coefficient (Wildman–Crippen LogP) is 2.12. The van der Waals surface area contributed by atoms with Crippen molar-refractivity contribution in [1.82, 2.24) is 4.90 Å². The molecule has 4 N–H and O–H groups in total. The SMILES string of the molecule is CC(O)N(C(C)O)C(C)O.CCCCCCCCC(=O)O. The fourth-order valence-electron chi connectivity index (χ4n) is 1.99. The van der Waals surface area contributed by atoms with Crippen LogP contribution in [-0.2, 0) is 4.79 Å². The van der Waals surface area contributed by atoms with E-state index in [2.05, 4.69) is 6.92 Å². The number of nitrogens with zero attached hydrogens (tertiary/aromatic N) is 1. The summed E-state index contributed by atoms with van der Waals surface area (Å²) in [6.45, 7) is 6.63. The zero-order valence-corrected chi connectivity index (χ0v) is 13.8.